The number of hydrogen-bond acceptors (Lipinski definition) is 2. The van der Waals surface area contributed by atoms with Crippen molar-refractivity contribution in [3.05, 3.63) is 56.5 Å². The van der Waals surface area contributed by atoms with E-state index in [4.69, 9.17) is 11.6 Å². The van der Waals surface area contributed by atoms with Gasteiger partial charge in [-0.15, -0.1) is 0 Å². The molecule has 0 aliphatic heterocycles. The molecule has 1 atom stereocenters. The number of aliphatic hydroxyl groups is 1. The molecular formula is C13H12ClFOS. The van der Waals surface area contributed by atoms with E-state index >= 15 is 0 Å². The molecule has 4 heteroatoms. The highest BCUT2D eigenvalue weighted by atomic mass is 35.5. The summed E-state index contributed by atoms with van der Waals surface area (Å²) in [5, 5.41) is 14.3. The van der Waals surface area contributed by atoms with E-state index in [0.717, 1.165) is 11.1 Å². The third kappa shape index (κ3) is 2.68. The van der Waals surface area contributed by atoms with Crippen LogP contribution in [0.3, 0.4) is 0 Å². The minimum absolute atomic E-state index is 0.198. The molecule has 0 bridgehead atoms. The molecule has 0 saturated carbocycles. The summed E-state index contributed by atoms with van der Waals surface area (Å²) in [5.74, 6) is -0.371. The van der Waals surface area contributed by atoms with Crippen LogP contribution in [-0.2, 0) is 6.42 Å². The van der Waals surface area contributed by atoms with Crippen molar-refractivity contribution < 1.29 is 9.50 Å². The molecular weight excluding hydrogens is 259 g/mol. The van der Waals surface area contributed by atoms with Crippen LogP contribution in [0.2, 0.25) is 5.02 Å². The predicted octanol–water partition coefficient (Wildman–Crippen LogP) is 4.13. The zero-order chi connectivity index (χ0) is 12.4. The van der Waals surface area contributed by atoms with Gasteiger partial charge in [-0.1, -0.05) is 17.7 Å². The van der Waals surface area contributed by atoms with Crippen LogP contribution < -0.4 is 0 Å². The summed E-state index contributed by atoms with van der Waals surface area (Å²) in [6.45, 7) is 1.93. The summed E-state index contributed by atoms with van der Waals surface area (Å²) in [5.41, 5.74) is 2.23. The maximum Gasteiger partial charge on any atom is 0.127 e. The number of halogens is 2. The number of aryl methyl sites for hydroxylation is 1. The van der Waals surface area contributed by atoms with Gasteiger partial charge in [0.05, 0.1) is 6.10 Å². The highest BCUT2D eigenvalue weighted by Gasteiger charge is 2.16. The Hall–Kier alpha value is -0.900. The Morgan fingerprint density at radius 2 is 2.18 bits per heavy atom. The number of hydrogen-bond donors (Lipinski definition) is 1. The maximum absolute atomic E-state index is 13.6. The number of thiophene rings is 1. The Bertz CT molecular complexity index is 504. The van der Waals surface area contributed by atoms with Gasteiger partial charge in [-0.2, -0.15) is 11.3 Å². The lowest BCUT2D eigenvalue weighted by Crippen LogP contribution is -2.04. The molecule has 0 saturated heterocycles. The van der Waals surface area contributed by atoms with Crippen molar-refractivity contribution in [3.63, 3.8) is 0 Å². The number of rotatable bonds is 3. The smallest absolute Gasteiger partial charge is 0.127 e. The van der Waals surface area contributed by atoms with Crippen LogP contribution in [0.1, 0.15) is 22.8 Å². The molecule has 1 nitrogen and oxygen atoms in total. The summed E-state index contributed by atoms with van der Waals surface area (Å²) < 4.78 is 13.6. The van der Waals surface area contributed by atoms with Crippen LogP contribution in [0.25, 0.3) is 0 Å². The average Bonchev–Trinajstić information content (AvgIpc) is 2.70. The fraction of sp³-hybridized carbons (Fsp3) is 0.231. The summed E-state index contributed by atoms with van der Waals surface area (Å²) >= 11 is 7.45. The Kier molecular flexibility index (Phi) is 3.82. The number of benzene rings is 1. The van der Waals surface area contributed by atoms with Gasteiger partial charge in [0.25, 0.3) is 0 Å². The highest BCUT2D eigenvalue weighted by Crippen LogP contribution is 2.28. The van der Waals surface area contributed by atoms with E-state index in [9.17, 15) is 9.50 Å². The molecule has 90 valence electrons. The lowest BCUT2D eigenvalue weighted by Gasteiger charge is -2.12. The van der Waals surface area contributed by atoms with E-state index in [2.05, 4.69) is 0 Å². The van der Waals surface area contributed by atoms with E-state index in [1.807, 2.05) is 17.7 Å². The normalized spacial score (nSPS) is 12.7. The second kappa shape index (κ2) is 5.17. The highest BCUT2D eigenvalue weighted by molar-refractivity contribution is 7.08. The molecule has 1 aromatic heterocycles. The maximum atomic E-state index is 13.6. The minimum atomic E-state index is -0.712. The second-order valence-electron chi connectivity index (χ2n) is 3.93. The summed E-state index contributed by atoms with van der Waals surface area (Å²) in [6.07, 6.45) is -0.515. The van der Waals surface area contributed by atoms with Gasteiger partial charge >= 0.3 is 0 Å². The van der Waals surface area contributed by atoms with Gasteiger partial charge in [-0.05, 0) is 40.9 Å². The Balaban J connectivity index is 2.25. The first kappa shape index (κ1) is 12.6. The van der Waals surface area contributed by atoms with Crippen molar-refractivity contribution in [2.24, 2.45) is 0 Å². The van der Waals surface area contributed by atoms with Crippen molar-refractivity contribution >= 4 is 22.9 Å². The van der Waals surface area contributed by atoms with Gasteiger partial charge in [0, 0.05) is 17.0 Å². The van der Waals surface area contributed by atoms with E-state index in [-0.39, 0.29) is 12.2 Å². The molecule has 2 aromatic rings. The van der Waals surface area contributed by atoms with Gasteiger partial charge < -0.3 is 5.11 Å². The van der Waals surface area contributed by atoms with Crippen LogP contribution in [0, 0.1) is 12.7 Å². The summed E-state index contributed by atoms with van der Waals surface area (Å²) in [4.78, 5) is 0. The third-order valence-corrected chi connectivity index (χ3v) is 3.95. The van der Waals surface area contributed by atoms with E-state index < -0.39 is 6.10 Å². The summed E-state index contributed by atoms with van der Waals surface area (Å²) in [6, 6.07) is 4.55. The average molecular weight is 271 g/mol. The zero-order valence-corrected chi connectivity index (χ0v) is 10.9. The Morgan fingerprint density at radius 1 is 1.41 bits per heavy atom. The van der Waals surface area contributed by atoms with E-state index in [1.165, 1.54) is 17.4 Å². The molecule has 0 aliphatic rings. The lowest BCUT2D eigenvalue weighted by atomic mass is 10.0. The van der Waals surface area contributed by atoms with Crippen LogP contribution in [0.15, 0.2) is 29.0 Å². The van der Waals surface area contributed by atoms with E-state index in [0.29, 0.717) is 10.6 Å². The SMILES string of the molecule is Cc1cscc1C(O)Cc1c(F)cccc1Cl. The first-order valence-electron chi connectivity index (χ1n) is 5.23. The van der Waals surface area contributed by atoms with Crippen molar-refractivity contribution in [3.8, 4) is 0 Å². The largest absolute Gasteiger partial charge is 0.388 e. The van der Waals surface area contributed by atoms with Gasteiger partial charge in [-0.25, -0.2) is 4.39 Å². The Morgan fingerprint density at radius 3 is 2.76 bits per heavy atom. The molecule has 0 aliphatic carbocycles. The molecule has 0 radical (unpaired) electrons. The first-order valence-corrected chi connectivity index (χ1v) is 6.55. The second-order valence-corrected chi connectivity index (χ2v) is 5.08. The van der Waals surface area contributed by atoms with Crippen LogP contribution in [0.5, 0.6) is 0 Å². The van der Waals surface area contributed by atoms with E-state index in [1.54, 1.807) is 12.1 Å². The van der Waals surface area contributed by atoms with Crippen LogP contribution >= 0.6 is 22.9 Å². The molecule has 1 heterocycles. The van der Waals surface area contributed by atoms with Crippen LogP contribution in [0.4, 0.5) is 4.39 Å². The monoisotopic (exact) mass is 270 g/mol. The molecule has 2 rings (SSSR count). The minimum Gasteiger partial charge on any atom is -0.388 e. The zero-order valence-electron chi connectivity index (χ0n) is 9.28. The van der Waals surface area contributed by atoms with Crippen molar-refractivity contribution in [1.82, 2.24) is 0 Å². The molecule has 0 amide bonds. The quantitative estimate of drug-likeness (QED) is 0.889. The molecule has 1 N–H and O–H groups in total. The lowest BCUT2D eigenvalue weighted by molar-refractivity contribution is 0.177. The number of aliphatic hydroxyl groups excluding tert-OH is 1. The van der Waals surface area contributed by atoms with Crippen LogP contribution in [-0.4, -0.2) is 5.11 Å². The van der Waals surface area contributed by atoms with Gasteiger partial charge in [-0.3, -0.25) is 0 Å². The fourth-order valence-electron chi connectivity index (χ4n) is 1.74. The van der Waals surface area contributed by atoms with Gasteiger partial charge in [0.2, 0.25) is 0 Å². The fourth-order valence-corrected chi connectivity index (χ4v) is 2.88. The molecule has 1 unspecified atom stereocenters. The standard InChI is InChI=1S/C13H12ClFOS/c1-8-6-17-7-10(8)13(16)5-9-11(14)3-2-4-12(9)15/h2-4,6-7,13,16H,5H2,1H3. The van der Waals surface area contributed by atoms with Crippen molar-refractivity contribution in [2.45, 2.75) is 19.4 Å². The topological polar surface area (TPSA) is 20.2 Å². The van der Waals surface area contributed by atoms with Gasteiger partial charge in [0.15, 0.2) is 0 Å². The third-order valence-electron chi connectivity index (χ3n) is 2.71. The summed E-state index contributed by atoms with van der Waals surface area (Å²) in [7, 11) is 0. The molecule has 1 aromatic carbocycles. The van der Waals surface area contributed by atoms with Crippen molar-refractivity contribution in [1.29, 1.82) is 0 Å². The molecule has 17 heavy (non-hydrogen) atoms. The first-order chi connectivity index (χ1) is 8.09. The molecule has 0 fully saturated rings. The Labute approximate surface area is 108 Å². The molecule has 0 spiro atoms. The predicted molar refractivity (Wildman–Crippen MR) is 69.1 cm³/mol. The van der Waals surface area contributed by atoms with Gasteiger partial charge in [0.1, 0.15) is 5.82 Å². The van der Waals surface area contributed by atoms with Crippen molar-refractivity contribution in [2.75, 3.05) is 0 Å².